The van der Waals surface area contributed by atoms with Gasteiger partial charge in [-0.3, -0.25) is 4.79 Å². The summed E-state index contributed by atoms with van der Waals surface area (Å²) in [5, 5.41) is 0. The van der Waals surface area contributed by atoms with E-state index in [9.17, 15) is 4.79 Å². The number of aromatic nitrogens is 2. The summed E-state index contributed by atoms with van der Waals surface area (Å²) >= 11 is 0. The van der Waals surface area contributed by atoms with Crippen LogP contribution in [0.2, 0.25) is 0 Å². The van der Waals surface area contributed by atoms with Gasteiger partial charge in [0.15, 0.2) is 6.20 Å². The molecular formula is C13H17N2O+. The molecule has 0 aromatic carbocycles. The van der Waals surface area contributed by atoms with Crippen LogP contribution in [0.25, 0.3) is 11.0 Å². The molecule has 0 aliphatic rings. The molecule has 84 valence electrons. The first kappa shape index (κ1) is 10.9. The molecule has 2 heterocycles. The standard InChI is InChI=1S/C13H16N2O/c1-4-9-6-11-12(15(3)8-9)7-10(5-2)13(16)14-11/h6-8H,4-5H2,1-3H3/p+1. The lowest BCUT2D eigenvalue weighted by Crippen LogP contribution is -2.31. The molecule has 0 saturated heterocycles. The molecular weight excluding hydrogens is 200 g/mol. The maximum atomic E-state index is 11.7. The molecule has 0 aliphatic heterocycles. The molecule has 2 aromatic heterocycles. The molecule has 0 aliphatic carbocycles. The topological polar surface area (TPSA) is 36.7 Å². The van der Waals surface area contributed by atoms with Gasteiger partial charge in [-0.2, -0.15) is 4.57 Å². The number of aryl methyl sites for hydroxylation is 3. The molecule has 0 fully saturated rings. The van der Waals surface area contributed by atoms with E-state index in [0.29, 0.717) is 0 Å². The van der Waals surface area contributed by atoms with E-state index in [1.807, 2.05) is 20.0 Å². The van der Waals surface area contributed by atoms with Crippen molar-refractivity contribution in [3.63, 3.8) is 0 Å². The summed E-state index contributed by atoms with van der Waals surface area (Å²) in [5.74, 6) is 0. The minimum atomic E-state index is 0.0308. The van der Waals surface area contributed by atoms with Crippen LogP contribution in [0.3, 0.4) is 0 Å². The Morgan fingerprint density at radius 3 is 2.62 bits per heavy atom. The second kappa shape index (κ2) is 4.08. The highest BCUT2D eigenvalue weighted by Crippen LogP contribution is 2.09. The molecule has 0 spiro atoms. The van der Waals surface area contributed by atoms with Gasteiger partial charge < -0.3 is 4.98 Å². The zero-order valence-corrected chi connectivity index (χ0v) is 10.0. The molecule has 16 heavy (non-hydrogen) atoms. The minimum absolute atomic E-state index is 0.0308. The van der Waals surface area contributed by atoms with Crippen molar-refractivity contribution in [2.45, 2.75) is 26.7 Å². The summed E-state index contributed by atoms with van der Waals surface area (Å²) < 4.78 is 2.07. The van der Waals surface area contributed by atoms with Gasteiger partial charge in [0.05, 0.1) is 0 Å². The predicted molar refractivity (Wildman–Crippen MR) is 64.5 cm³/mol. The van der Waals surface area contributed by atoms with Crippen LogP contribution in [0.15, 0.2) is 23.1 Å². The largest absolute Gasteiger partial charge is 0.317 e. The van der Waals surface area contributed by atoms with Crippen molar-refractivity contribution in [3.05, 3.63) is 39.8 Å². The van der Waals surface area contributed by atoms with Crippen LogP contribution in [0, 0.1) is 0 Å². The average molecular weight is 217 g/mol. The second-order valence-electron chi connectivity index (χ2n) is 4.09. The van der Waals surface area contributed by atoms with E-state index in [0.717, 1.165) is 29.4 Å². The zero-order chi connectivity index (χ0) is 11.7. The Hall–Kier alpha value is -1.64. The Balaban J connectivity index is 2.80. The van der Waals surface area contributed by atoms with Crippen molar-refractivity contribution in [3.8, 4) is 0 Å². The maximum absolute atomic E-state index is 11.7. The van der Waals surface area contributed by atoms with Crippen molar-refractivity contribution < 1.29 is 4.57 Å². The summed E-state index contributed by atoms with van der Waals surface area (Å²) in [6.07, 6.45) is 3.85. The first-order valence-corrected chi connectivity index (χ1v) is 5.70. The first-order valence-electron chi connectivity index (χ1n) is 5.70. The van der Waals surface area contributed by atoms with Gasteiger partial charge in [-0.05, 0) is 18.9 Å². The number of H-pyrrole nitrogens is 1. The number of hydrogen-bond acceptors (Lipinski definition) is 1. The van der Waals surface area contributed by atoms with E-state index in [4.69, 9.17) is 0 Å². The second-order valence-corrected chi connectivity index (χ2v) is 4.09. The van der Waals surface area contributed by atoms with Crippen molar-refractivity contribution in [2.24, 2.45) is 7.05 Å². The van der Waals surface area contributed by atoms with Gasteiger partial charge in [0, 0.05) is 17.2 Å². The third-order valence-electron chi connectivity index (χ3n) is 2.99. The van der Waals surface area contributed by atoms with Crippen LogP contribution in [-0.4, -0.2) is 4.98 Å². The summed E-state index contributed by atoms with van der Waals surface area (Å²) in [5.41, 5.74) is 4.10. The van der Waals surface area contributed by atoms with Gasteiger partial charge >= 0.3 is 0 Å². The number of pyridine rings is 2. The summed E-state index contributed by atoms with van der Waals surface area (Å²) in [4.78, 5) is 14.7. The maximum Gasteiger partial charge on any atom is 0.252 e. The Morgan fingerprint density at radius 1 is 1.25 bits per heavy atom. The van der Waals surface area contributed by atoms with E-state index in [2.05, 4.69) is 28.7 Å². The van der Waals surface area contributed by atoms with Gasteiger partial charge in [-0.25, -0.2) is 0 Å². The van der Waals surface area contributed by atoms with Crippen molar-refractivity contribution in [1.29, 1.82) is 0 Å². The van der Waals surface area contributed by atoms with Gasteiger partial charge in [0.1, 0.15) is 12.6 Å². The van der Waals surface area contributed by atoms with Crippen LogP contribution in [-0.2, 0) is 19.9 Å². The van der Waals surface area contributed by atoms with Gasteiger partial charge in [0.25, 0.3) is 5.56 Å². The fraction of sp³-hybridized carbons (Fsp3) is 0.385. The predicted octanol–water partition coefficient (Wildman–Crippen LogP) is 1.48. The number of fused-ring (bicyclic) bond motifs is 1. The van der Waals surface area contributed by atoms with Gasteiger partial charge in [-0.1, -0.05) is 13.8 Å². The van der Waals surface area contributed by atoms with E-state index >= 15 is 0 Å². The van der Waals surface area contributed by atoms with Crippen LogP contribution >= 0.6 is 0 Å². The molecule has 2 rings (SSSR count). The number of aromatic amines is 1. The molecule has 1 N–H and O–H groups in total. The van der Waals surface area contributed by atoms with E-state index in [-0.39, 0.29) is 5.56 Å². The lowest BCUT2D eigenvalue weighted by Gasteiger charge is -2.02. The molecule has 3 nitrogen and oxygen atoms in total. The van der Waals surface area contributed by atoms with E-state index in [1.54, 1.807) is 0 Å². The Bertz CT molecular complexity index is 584. The molecule has 0 unspecified atom stereocenters. The smallest absolute Gasteiger partial charge is 0.252 e. The number of rotatable bonds is 2. The highest BCUT2D eigenvalue weighted by molar-refractivity contribution is 5.71. The Labute approximate surface area is 94.7 Å². The average Bonchev–Trinajstić information content (AvgIpc) is 2.28. The fourth-order valence-corrected chi connectivity index (χ4v) is 1.97. The van der Waals surface area contributed by atoms with Crippen LogP contribution < -0.4 is 10.1 Å². The Kier molecular flexibility index (Phi) is 2.77. The normalized spacial score (nSPS) is 10.9. The SMILES string of the molecule is CCc1cc2[nH]c(=O)c(CC)cc2[n+](C)c1. The third-order valence-corrected chi connectivity index (χ3v) is 2.99. The highest BCUT2D eigenvalue weighted by atomic mass is 16.1. The molecule has 3 heteroatoms. The van der Waals surface area contributed by atoms with E-state index in [1.165, 1.54) is 5.56 Å². The first-order chi connectivity index (χ1) is 7.65. The number of hydrogen-bond donors (Lipinski definition) is 1. The molecule has 2 aromatic rings. The lowest BCUT2D eigenvalue weighted by molar-refractivity contribution is -0.645. The number of nitrogens with one attached hydrogen (secondary N) is 1. The quantitative estimate of drug-likeness (QED) is 0.760. The van der Waals surface area contributed by atoms with Crippen molar-refractivity contribution in [1.82, 2.24) is 4.98 Å². The summed E-state index contributed by atoms with van der Waals surface area (Å²) in [6, 6.07) is 4.03. The monoisotopic (exact) mass is 217 g/mol. The molecule has 0 radical (unpaired) electrons. The fourth-order valence-electron chi connectivity index (χ4n) is 1.97. The molecule has 0 atom stereocenters. The van der Waals surface area contributed by atoms with Crippen molar-refractivity contribution >= 4 is 11.0 Å². The van der Waals surface area contributed by atoms with E-state index < -0.39 is 0 Å². The highest BCUT2D eigenvalue weighted by Gasteiger charge is 2.10. The lowest BCUT2D eigenvalue weighted by atomic mass is 10.1. The number of nitrogens with zero attached hydrogens (tertiary/aromatic N) is 1. The van der Waals surface area contributed by atoms with Gasteiger partial charge in [-0.15, -0.1) is 0 Å². The minimum Gasteiger partial charge on any atom is -0.317 e. The Morgan fingerprint density at radius 2 is 2.00 bits per heavy atom. The van der Waals surface area contributed by atoms with Crippen LogP contribution in [0.5, 0.6) is 0 Å². The zero-order valence-electron chi connectivity index (χ0n) is 10.0. The summed E-state index contributed by atoms with van der Waals surface area (Å²) in [6.45, 7) is 4.11. The van der Waals surface area contributed by atoms with Crippen LogP contribution in [0.1, 0.15) is 25.0 Å². The summed E-state index contributed by atoms with van der Waals surface area (Å²) in [7, 11) is 2.01. The van der Waals surface area contributed by atoms with Gasteiger partial charge in [0.2, 0.25) is 5.52 Å². The third kappa shape index (κ3) is 1.73. The molecule has 0 bridgehead atoms. The van der Waals surface area contributed by atoms with Crippen LogP contribution in [0.4, 0.5) is 0 Å². The molecule has 0 saturated carbocycles. The molecule has 0 amide bonds. The van der Waals surface area contributed by atoms with Crippen molar-refractivity contribution in [2.75, 3.05) is 0 Å².